The van der Waals surface area contributed by atoms with E-state index in [1.54, 1.807) is 31.5 Å². The molecule has 2 rings (SSSR count). The van der Waals surface area contributed by atoms with Crippen molar-refractivity contribution in [2.45, 2.75) is 31.7 Å². The van der Waals surface area contributed by atoms with Crippen LogP contribution in [0.15, 0.2) is 53.7 Å². The van der Waals surface area contributed by atoms with Crippen LogP contribution < -0.4 is 0 Å². The molecule has 0 unspecified atom stereocenters. The molecule has 0 N–H and O–H groups in total. The lowest BCUT2D eigenvalue weighted by Crippen LogP contribution is -2.33. The van der Waals surface area contributed by atoms with E-state index in [1.165, 1.54) is 23.4 Å². The zero-order chi connectivity index (χ0) is 17.0. The third-order valence-corrected chi connectivity index (χ3v) is 5.86. The summed E-state index contributed by atoms with van der Waals surface area (Å²) in [7, 11) is -3.64. The van der Waals surface area contributed by atoms with Gasteiger partial charge >= 0.3 is 0 Å². The summed E-state index contributed by atoms with van der Waals surface area (Å²) >= 11 is 0. The average Bonchev–Trinajstić information content (AvgIpc) is 2.56. The first kappa shape index (κ1) is 17.3. The second-order valence-corrected chi connectivity index (χ2v) is 7.14. The minimum atomic E-state index is -3.64. The van der Waals surface area contributed by atoms with Crippen LogP contribution in [0.5, 0.6) is 0 Å². The molecule has 1 aromatic heterocycles. The molecule has 5 nitrogen and oxygen atoms in total. The number of Topliss-reactive ketones (excluding diaryl/α,β-unsaturated/α-hetero) is 1. The summed E-state index contributed by atoms with van der Waals surface area (Å²) < 4.78 is 27.2. The van der Waals surface area contributed by atoms with E-state index in [9.17, 15) is 13.2 Å². The summed E-state index contributed by atoms with van der Waals surface area (Å²) in [6, 6.07) is 9.35. The lowest BCUT2D eigenvalue weighted by molar-refractivity contribution is 0.101. The second kappa shape index (κ2) is 7.02. The largest absolute Gasteiger partial charge is 0.295 e. The van der Waals surface area contributed by atoms with Gasteiger partial charge in [0, 0.05) is 30.5 Å². The normalized spacial score (nSPS) is 13.0. The van der Waals surface area contributed by atoms with E-state index < -0.39 is 10.0 Å². The third-order valence-electron chi connectivity index (χ3n) is 3.80. The second-order valence-electron chi connectivity index (χ2n) is 5.25. The van der Waals surface area contributed by atoms with Crippen molar-refractivity contribution in [3.63, 3.8) is 0 Å². The molecule has 122 valence electrons. The minimum absolute atomic E-state index is 0.0913. The van der Waals surface area contributed by atoms with Gasteiger partial charge in [0.1, 0.15) is 0 Å². The maximum atomic E-state index is 12.9. The van der Waals surface area contributed by atoms with Gasteiger partial charge in [-0.15, -0.1) is 0 Å². The summed E-state index contributed by atoms with van der Waals surface area (Å²) in [6.07, 6.45) is 3.29. The maximum Gasteiger partial charge on any atom is 0.243 e. The monoisotopic (exact) mass is 332 g/mol. The minimum Gasteiger partial charge on any atom is -0.295 e. The van der Waals surface area contributed by atoms with Gasteiger partial charge in [-0.3, -0.25) is 9.78 Å². The number of carbonyl (C=O) groups is 1. The van der Waals surface area contributed by atoms with Gasteiger partial charge in [-0.25, -0.2) is 8.42 Å². The molecule has 1 atom stereocenters. The van der Waals surface area contributed by atoms with Crippen LogP contribution in [-0.2, 0) is 10.0 Å². The highest BCUT2D eigenvalue weighted by Gasteiger charge is 2.28. The Bertz CT molecular complexity index is 771. The highest BCUT2D eigenvalue weighted by atomic mass is 32.2. The molecular formula is C17H20N2O3S. The molecule has 1 aromatic carbocycles. The number of hydrogen-bond acceptors (Lipinski definition) is 4. The van der Waals surface area contributed by atoms with E-state index >= 15 is 0 Å². The highest BCUT2D eigenvalue weighted by Crippen LogP contribution is 2.27. The van der Waals surface area contributed by atoms with Crippen molar-refractivity contribution in [3.8, 4) is 0 Å². The average molecular weight is 332 g/mol. The zero-order valence-corrected chi connectivity index (χ0v) is 14.2. The molecule has 0 aliphatic carbocycles. The van der Waals surface area contributed by atoms with Gasteiger partial charge in [0.2, 0.25) is 10.0 Å². The first-order chi connectivity index (χ1) is 10.9. The van der Waals surface area contributed by atoms with Crippen molar-refractivity contribution in [3.05, 3.63) is 59.9 Å². The molecule has 2 aromatic rings. The molecule has 6 heteroatoms. The van der Waals surface area contributed by atoms with Crippen LogP contribution in [0.3, 0.4) is 0 Å². The van der Waals surface area contributed by atoms with E-state index in [0.29, 0.717) is 12.1 Å². The Kier molecular flexibility index (Phi) is 5.28. The number of pyridine rings is 1. The van der Waals surface area contributed by atoms with Crippen LogP contribution in [0.1, 0.15) is 42.7 Å². The Labute approximate surface area is 137 Å². The number of aromatic nitrogens is 1. The molecule has 0 spiro atoms. The SMILES string of the molecule is CCN([C@@H](C)c1ccncc1)S(=O)(=O)c1ccc(C(C)=O)cc1. The molecule has 0 aliphatic rings. The molecule has 0 amide bonds. The zero-order valence-electron chi connectivity index (χ0n) is 13.4. The van der Waals surface area contributed by atoms with E-state index in [0.717, 1.165) is 5.56 Å². The van der Waals surface area contributed by atoms with Gasteiger partial charge in [-0.2, -0.15) is 4.31 Å². The quantitative estimate of drug-likeness (QED) is 0.763. The van der Waals surface area contributed by atoms with Gasteiger partial charge in [0.05, 0.1) is 4.90 Å². The number of nitrogens with zero attached hydrogens (tertiary/aromatic N) is 2. The summed E-state index contributed by atoms with van der Waals surface area (Å²) in [4.78, 5) is 15.5. The molecule has 0 saturated carbocycles. The Morgan fingerprint density at radius 1 is 1.13 bits per heavy atom. The number of carbonyl (C=O) groups excluding carboxylic acids is 1. The van der Waals surface area contributed by atoms with Crippen LogP contribution in [0, 0.1) is 0 Å². The van der Waals surface area contributed by atoms with Crippen LogP contribution in [0.25, 0.3) is 0 Å². The van der Waals surface area contributed by atoms with E-state index in [4.69, 9.17) is 0 Å². The fourth-order valence-electron chi connectivity index (χ4n) is 2.46. The first-order valence-corrected chi connectivity index (χ1v) is 8.84. The number of hydrogen-bond donors (Lipinski definition) is 0. The van der Waals surface area contributed by atoms with Crippen LogP contribution in [-0.4, -0.2) is 30.0 Å². The van der Waals surface area contributed by atoms with Gasteiger partial charge < -0.3 is 0 Å². The molecule has 0 radical (unpaired) electrons. The fourth-order valence-corrected chi connectivity index (χ4v) is 4.09. The van der Waals surface area contributed by atoms with E-state index in [-0.39, 0.29) is 16.7 Å². The molecule has 1 heterocycles. The lowest BCUT2D eigenvalue weighted by atomic mass is 10.1. The predicted molar refractivity (Wildman–Crippen MR) is 88.7 cm³/mol. The highest BCUT2D eigenvalue weighted by molar-refractivity contribution is 7.89. The number of ketones is 1. The maximum absolute atomic E-state index is 12.9. The molecular weight excluding hydrogens is 312 g/mol. The van der Waals surface area contributed by atoms with Gasteiger partial charge in [0.15, 0.2) is 5.78 Å². The number of sulfonamides is 1. The Morgan fingerprint density at radius 2 is 1.70 bits per heavy atom. The Morgan fingerprint density at radius 3 is 2.17 bits per heavy atom. The smallest absolute Gasteiger partial charge is 0.243 e. The van der Waals surface area contributed by atoms with E-state index in [1.807, 2.05) is 19.1 Å². The molecule has 23 heavy (non-hydrogen) atoms. The van der Waals surface area contributed by atoms with E-state index in [2.05, 4.69) is 4.98 Å². The van der Waals surface area contributed by atoms with Crippen LogP contribution in [0.4, 0.5) is 0 Å². The summed E-state index contributed by atoms with van der Waals surface area (Å²) in [5, 5.41) is 0. The number of benzene rings is 1. The molecule has 0 bridgehead atoms. The predicted octanol–water partition coefficient (Wildman–Crippen LogP) is 3.06. The molecule has 0 saturated heterocycles. The Hall–Kier alpha value is -2.05. The Balaban J connectivity index is 2.37. The van der Waals surface area contributed by atoms with Crippen molar-refractivity contribution in [2.75, 3.05) is 6.54 Å². The van der Waals surface area contributed by atoms with Crippen molar-refractivity contribution in [2.24, 2.45) is 0 Å². The van der Waals surface area contributed by atoms with Gasteiger partial charge in [-0.1, -0.05) is 19.1 Å². The summed E-state index contributed by atoms with van der Waals surface area (Å²) in [5.41, 5.74) is 1.37. The first-order valence-electron chi connectivity index (χ1n) is 7.40. The van der Waals surface area contributed by atoms with Crippen molar-refractivity contribution in [1.29, 1.82) is 0 Å². The summed E-state index contributed by atoms with van der Waals surface area (Å²) in [5.74, 6) is -0.0913. The molecule has 0 aliphatic heterocycles. The third kappa shape index (κ3) is 3.65. The van der Waals surface area contributed by atoms with Gasteiger partial charge in [0.25, 0.3) is 0 Å². The van der Waals surface area contributed by atoms with Crippen molar-refractivity contribution >= 4 is 15.8 Å². The van der Waals surface area contributed by atoms with Crippen molar-refractivity contribution in [1.82, 2.24) is 9.29 Å². The topological polar surface area (TPSA) is 67.3 Å². The molecule has 0 fully saturated rings. The summed E-state index contributed by atoms with van der Waals surface area (Å²) in [6.45, 7) is 5.45. The van der Waals surface area contributed by atoms with Crippen molar-refractivity contribution < 1.29 is 13.2 Å². The van der Waals surface area contributed by atoms with Crippen LogP contribution in [0.2, 0.25) is 0 Å². The van der Waals surface area contributed by atoms with Gasteiger partial charge in [-0.05, 0) is 43.7 Å². The standard InChI is InChI=1S/C17H20N2O3S/c1-4-19(13(2)15-9-11-18-12-10-15)23(21,22)17-7-5-16(6-8-17)14(3)20/h5-13H,4H2,1-3H3/t13-/m0/s1. The lowest BCUT2D eigenvalue weighted by Gasteiger charge is -2.27. The fraction of sp³-hybridized carbons (Fsp3) is 0.294. The van der Waals surface area contributed by atoms with Crippen LogP contribution >= 0.6 is 0 Å². The number of rotatable bonds is 6.